The minimum Gasteiger partial charge on any atom is -0.239 e. The van der Waals surface area contributed by atoms with Crippen LogP contribution in [-0.2, 0) is 15.2 Å². The molecule has 2 heterocycles. The van der Waals surface area contributed by atoms with Gasteiger partial charge in [-0.3, -0.25) is 0 Å². The summed E-state index contributed by atoms with van der Waals surface area (Å²) < 4.78 is 0. The number of benzene rings is 1. The first kappa shape index (κ1) is 14.4. The Bertz CT molecular complexity index is 575. The molecule has 0 unspecified atom stereocenters. The van der Waals surface area contributed by atoms with Crippen molar-refractivity contribution in [3.8, 4) is 0 Å². The molecule has 5 rings (SSSR count). The zero-order valence-electron chi connectivity index (χ0n) is 13.9. The van der Waals surface area contributed by atoms with E-state index in [0.717, 1.165) is 0 Å². The molecule has 2 aliphatic carbocycles. The first-order valence-electron chi connectivity index (χ1n) is 9.59. The van der Waals surface area contributed by atoms with Crippen molar-refractivity contribution >= 4 is 0 Å². The van der Waals surface area contributed by atoms with Crippen LogP contribution in [0, 0.1) is 0 Å². The predicted molar refractivity (Wildman–Crippen MR) is 88.6 cm³/mol. The summed E-state index contributed by atoms with van der Waals surface area (Å²) in [6.07, 6.45) is 13.3. The number of fused-ring (bicyclic) bond motifs is 6. The summed E-state index contributed by atoms with van der Waals surface area (Å²) in [7, 11) is 0. The van der Waals surface area contributed by atoms with E-state index in [2.05, 4.69) is 29.2 Å². The second kappa shape index (κ2) is 5.58. The van der Waals surface area contributed by atoms with Crippen LogP contribution >= 0.6 is 0 Å². The van der Waals surface area contributed by atoms with Crippen molar-refractivity contribution in [2.75, 3.05) is 0 Å². The zero-order chi connectivity index (χ0) is 15.3. The molecule has 0 radical (unpaired) electrons. The Morgan fingerprint density at radius 2 is 1.61 bits per heavy atom. The fourth-order valence-corrected chi connectivity index (χ4v) is 5.68. The molecule has 2 bridgehead atoms. The smallest absolute Gasteiger partial charge is 0.174 e. The summed E-state index contributed by atoms with van der Waals surface area (Å²) in [5.41, 5.74) is 3.03. The maximum absolute atomic E-state index is 6.04. The molecule has 3 fully saturated rings. The fraction of sp³-hybridized carbons (Fsp3) is 0.700. The summed E-state index contributed by atoms with van der Waals surface area (Å²) in [4.78, 5) is 14.6. The molecule has 124 valence electrons. The van der Waals surface area contributed by atoms with E-state index in [1.54, 1.807) is 0 Å². The molecule has 2 saturated carbocycles. The molecular formula is C20H27NO2. The Hall–Kier alpha value is -0.900. The van der Waals surface area contributed by atoms with E-state index in [-0.39, 0.29) is 17.9 Å². The maximum atomic E-state index is 6.04. The SMILES string of the molecule is c1ccc2c(c1)[C@@H]1OO[C@@H](N1C1CCCCC1)C21CCCCC1. The van der Waals surface area contributed by atoms with Crippen LogP contribution in [0.3, 0.4) is 0 Å². The fourth-order valence-electron chi connectivity index (χ4n) is 5.68. The van der Waals surface area contributed by atoms with Gasteiger partial charge in [0, 0.05) is 17.0 Å². The van der Waals surface area contributed by atoms with E-state index in [1.807, 2.05) is 0 Å². The van der Waals surface area contributed by atoms with Gasteiger partial charge in [0.25, 0.3) is 0 Å². The Morgan fingerprint density at radius 3 is 2.43 bits per heavy atom. The highest BCUT2D eigenvalue weighted by Crippen LogP contribution is 2.56. The van der Waals surface area contributed by atoms with E-state index in [0.29, 0.717) is 6.04 Å². The standard InChI is InChI=1S/C20H27NO2/c1-3-9-15(10-4-1)21-18-16-11-5-6-12-17(16)20(19(21)23-22-18)13-7-2-8-14-20/h5-6,11-12,15,18-19H,1-4,7-10,13-14H2/t18-,19+/m0/s1. The molecule has 1 aromatic rings. The maximum Gasteiger partial charge on any atom is 0.174 e. The predicted octanol–water partition coefficient (Wildman–Crippen LogP) is 4.82. The quantitative estimate of drug-likeness (QED) is 0.694. The third-order valence-electron chi connectivity index (χ3n) is 6.76. The largest absolute Gasteiger partial charge is 0.239 e. The molecular weight excluding hydrogens is 286 g/mol. The van der Waals surface area contributed by atoms with E-state index in [1.165, 1.54) is 75.3 Å². The van der Waals surface area contributed by atoms with E-state index in [4.69, 9.17) is 9.78 Å². The van der Waals surface area contributed by atoms with Gasteiger partial charge in [-0.25, -0.2) is 14.7 Å². The molecule has 1 aromatic carbocycles. The number of hydrogen-bond donors (Lipinski definition) is 0. The second-order valence-electron chi connectivity index (χ2n) is 7.94. The lowest BCUT2D eigenvalue weighted by atomic mass is 9.64. The molecule has 0 aromatic heterocycles. The lowest BCUT2D eigenvalue weighted by Gasteiger charge is -2.51. The van der Waals surface area contributed by atoms with Crippen molar-refractivity contribution in [1.29, 1.82) is 0 Å². The molecule has 4 aliphatic rings. The first-order chi connectivity index (χ1) is 11.4. The highest BCUT2D eigenvalue weighted by atomic mass is 17.2. The van der Waals surface area contributed by atoms with Crippen LogP contribution in [0.1, 0.15) is 81.6 Å². The summed E-state index contributed by atoms with van der Waals surface area (Å²) in [5.74, 6) is 0. The van der Waals surface area contributed by atoms with Gasteiger partial charge < -0.3 is 0 Å². The van der Waals surface area contributed by atoms with Crippen LogP contribution in [0.15, 0.2) is 24.3 Å². The lowest BCUT2D eigenvalue weighted by molar-refractivity contribution is -0.305. The number of nitrogens with zero attached hydrogens (tertiary/aromatic N) is 1. The number of hydrogen-bond acceptors (Lipinski definition) is 3. The molecule has 2 atom stereocenters. The highest BCUT2D eigenvalue weighted by Gasteiger charge is 2.58. The minimum atomic E-state index is 0.0202. The van der Waals surface area contributed by atoms with Gasteiger partial charge in [-0.2, -0.15) is 0 Å². The van der Waals surface area contributed by atoms with Crippen LogP contribution in [0.25, 0.3) is 0 Å². The van der Waals surface area contributed by atoms with Crippen molar-refractivity contribution in [2.45, 2.75) is 88.1 Å². The highest BCUT2D eigenvalue weighted by molar-refractivity contribution is 5.41. The monoisotopic (exact) mass is 313 g/mol. The molecule has 2 aliphatic heterocycles. The average Bonchev–Trinajstić information content (AvgIpc) is 3.03. The van der Waals surface area contributed by atoms with Gasteiger partial charge in [-0.05, 0) is 31.2 Å². The first-order valence-corrected chi connectivity index (χ1v) is 9.59. The number of rotatable bonds is 1. The van der Waals surface area contributed by atoms with Gasteiger partial charge in [-0.15, -0.1) is 0 Å². The Kier molecular flexibility index (Phi) is 3.50. The van der Waals surface area contributed by atoms with Crippen LogP contribution in [0.2, 0.25) is 0 Å². The van der Waals surface area contributed by atoms with Crippen LogP contribution in [0.5, 0.6) is 0 Å². The van der Waals surface area contributed by atoms with Crippen LogP contribution in [-0.4, -0.2) is 17.2 Å². The van der Waals surface area contributed by atoms with Crippen molar-refractivity contribution in [3.63, 3.8) is 0 Å². The van der Waals surface area contributed by atoms with Gasteiger partial charge in [0.15, 0.2) is 12.5 Å². The minimum absolute atomic E-state index is 0.0202. The Morgan fingerprint density at radius 1 is 0.870 bits per heavy atom. The summed E-state index contributed by atoms with van der Waals surface area (Å²) in [5, 5.41) is 0. The van der Waals surface area contributed by atoms with Gasteiger partial charge >= 0.3 is 0 Å². The van der Waals surface area contributed by atoms with E-state index in [9.17, 15) is 0 Å². The van der Waals surface area contributed by atoms with Gasteiger partial charge in [0.05, 0.1) is 0 Å². The molecule has 3 nitrogen and oxygen atoms in total. The van der Waals surface area contributed by atoms with Gasteiger partial charge in [0.2, 0.25) is 0 Å². The molecule has 1 saturated heterocycles. The molecule has 0 amide bonds. The van der Waals surface area contributed by atoms with Crippen molar-refractivity contribution in [1.82, 2.24) is 4.90 Å². The molecule has 23 heavy (non-hydrogen) atoms. The van der Waals surface area contributed by atoms with Crippen molar-refractivity contribution < 1.29 is 9.78 Å². The lowest BCUT2D eigenvalue weighted by Crippen LogP contribution is -2.56. The zero-order valence-corrected chi connectivity index (χ0v) is 13.9. The van der Waals surface area contributed by atoms with Gasteiger partial charge in [0.1, 0.15) is 0 Å². The second-order valence-corrected chi connectivity index (χ2v) is 7.94. The van der Waals surface area contributed by atoms with Crippen LogP contribution < -0.4 is 0 Å². The molecule has 3 heteroatoms. The Labute approximate surface area is 138 Å². The topological polar surface area (TPSA) is 21.7 Å². The summed E-state index contributed by atoms with van der Waals surface area (Å²) >= 11 is 0. The molecule has 1 spiro atoms. The van der Waals surface area contributed by atoms with E-state index >= 15 is 0 Å². The third-order valence-corrected chi connectivity index (χ3v) is 6.76. The van der Waals surface area contributed by atoms with Crippen LogP contribution in [0.4, 0.5) is 0 Å². The van der Waals surface area contributed by atoms with Crippen molar-refractivity contribution in [3.05, 3.63) is 35.4 Å². The average molecular weight is 313 g/mol. The van der Waals surface area contributed by atoms with Gasteiger partial charge in [-0.1, -0.05) is 62.8 Å². The normalized spacial score (nSPS) is 33.7. The summed E-state index contributed by atoms with van der Waals surface area (Å²) in [6.45, 7) is 0. The third kappa shape index (κ3) is 2.06. The summed E-state index contributed by atoms with van der Waals surface area (Å²) in [6, 6.07) is 9.61. The van der Waals surface area contributed by atoms with E-state index < -0.39 is 0 Å². The molecule has 0 N–H and O–H groups in total. The Balaban J connectivity index is 1.61. The van der Waals surface area contributed by atoms with Crippen molar-refractivity contribution in [2.24, 2.45) is 0 Å².